The van der Waals surface area contributed by atoms with Gasteiger partial charge in [-0.3, -0.25) is 0 Å². The Kier molecular flexibility index (Phi) is 6.26. The van der Waals surface area contributed by atoms with Gasteiger partial charge in [-0.25, -0.2) is 0 Å². The Hall–Kier alpha value is -0.820. The average Bonchev–Trinajstić information content (AvgIpc) is 2.34. The lowest BCUT2D eigenvalue weighted by molar-refractivity contribution is 0.247. The molecule has 2 unspecified atom stereocenters. The lowest BCUT2D eigenvalue weighted by atomic mass is 9.82. The molecule has 0 aliphatic carbocycles. The molecule has 0 radical (unpaired) electrons. The number of rotatable bonds is 6. The molecule has 1 rings (SSSR count). The highest BCUT2D eigenvalue weighted by Gasteiger charge is 2.20. The average molecular weight is 275 g/mol. The number of nitrogens with one attached hydrogen (secondary N) is 1. The highest BCUT2D eigenvalue weighted by atomic mass is 14.9. The van der Waals surface area contributed by atoms with Crippen molar-refractivity contribution < 1.29 is 0 Å². The van der Waals surface area contributed by atoms with Crippen LogP contribution in [0.25, 0.3) is 0 Å². The van der Waals surface area contributed by atoms with Crippen LogP contribution in [0, 0.1) is 17.3 Å². The van der Waals surface area contributed by atoms with Crippen molar-refractivity contribution in [2.75, 3.05) is 6.54 Å². The standard InChI is InChI=1S/C19H33N/c1-14(2)12-17-8-10-18(11-9-17)16(4)20-13-15(3)19(5,6)7/h8-11,14-16,20H,12-13H2,1-7H3. The molecule has 1 N–H and O–H groups in total. The van der Waals surface area contributed by atoms with E-state index in [1.165, 1.54) is 17.5 Å². The van der Waals surface area contributed by atoms with Crippen LogP contribution in [-0.4, -0.2) is 6.54 Å². The Morgan fingerprint density at radius 2 is 1.50 bits per heavy atom. The molecule has 0 fully saturated rings. The van der Waals surface area contributed by atoms with Gasteiger partial charge in [0.1, 0.15) is 0 Å². The van der Waals surface area contributed by atoms with Gasteiger partial charge in [-0.2, -0.15) is 0 Å². The highest BCUT2D eigenvalue weighted by Crippen LogP contribution is 2.25. The van der Waals surface area contributed by atoms with E-state index in [-0.39, 0.29) is 0 Å². The molecule has 1 aromatic carbocycles. The van der Waals surface area contributed by atoms with Crippen molar-refractivity contribution in [2.45, 2.75) is 60.9 Å². The maximum Gasteiger partial charge on any atom is 0.0291 e. The fourth-order valence-electron chi connectivity index (χ4n) is 2.19. The van der Waals surface area contributed by atoms with E-state index >= 15 is 0 Å². The zero-order chi connectivity index (χ0) is 15.3. The third-order valence-electron chi connectivity index (χ3n) is 4.33. The summed E-state index contributed by atoms with van der Waals surface area (Å²) in [5.41, 5.74) is 3.20. The summed E-state index contributed by atoms with van der Waals surface area (Å²) in [6.45, 7) is 17.1. The molecule has 0 saturated carbocycles. The molecule has 1 aromatic rings. The molecule has 0 aliphatic heterocycles. The van der Waals surface area contributed by atoms with Crippen LogP contribution in [0.2, 0.25) is 0 Å². The van der Waals surface area contributed by atoms with Crippen LogP contribution in [0.4, 0.5) is 0 Å². The van der Waals surface area contributed by atoms with Crippen LogP contribution < -0.4 is 5.32 Å². The number of hydrogen-bond acceptors (Lipinski definition) is 1. The van der Waals surface area contributed by atoms with Crippen molar-refractivity contribution in [2.24, 2.45) is 17.3 Å². The topological polar surface area (TPSA) is 12.0 Å². The van der Waals surface area contributed by atoms with E-state index in [0.29, 0.717) is 17.4 Å². The molecular weight excluding hydrogens is 242 g/mol. The van der Waals surface area contributed by atoms with Gasteiger partial charge >= 0.3 is 0 Å². The van der Waals surface area contributed by atoms with Crippen molar-refractivity contribution in [3.63, 3.8) is 0 Å². The van der Waals surface area contributed by atoms with Crippen molar-refractivity contribution >= 4 is 0 Å². The molecule has 0 saturated heterocycles. The molecule has 0 aliphatic rings. The molecule has 114 valence electrons. The molecule has 20 heavy (non-hydrogen) atoms. The SMILES string of the molecule is CC(C)Cc1ccc(C(C)NCC(C)C(C)(C)C)cc1. The summed E-state index contributed by atoms with van der Waals surface area (Å²) in [6, 6.07) is 9.53. The second kappa shape index (κ2) is 7.26. The first-order valence-electron chi connectivity index (χ1n) is 8.02. The zero-order valence-electron chi connectivity index (χ0n) is 14.5. The van der Waals surface area contributed by atoms with Crippen LogP contribution in [0.5, 0.6) is 0 Å². The third kappa shape index (κ3) is 5.66. The lowest BCUT2D eigenvalue weighted by Gasteiger charge is -2.29. The van der Waals surface area contributed by atoms with Crippen LogP contribution in [0.1, 0.15) is 65.6 Å². The molecule has 0 spiro atoms. The van der Waals surface area contributed by atoms with Gasteiger partial charge in [0.15, 0.2) is 0 Å². The molecule has 0 bridgehead atoms. The van der Waals surface area contributed by atoms with Crippen molar-refractivity contribution in [3.05, 3.63) is 35.4 Å². The van der Waals surface area contributed by atoms with Gasteiger partial charge in [-0.1, -0.05) is 65.8 Å². The van der Waals surface area contributed by atoms with Gasteiger partial charge in [0.2, 0.25) is 0 Å². The minimum Gasteiger partial charge on any atom is -0.310 e. The smallest absolute Gasteiger partial charge is 0.0291 e. The number of benzene rings is 1. The fourth-order valence-corrected chi connectivity index (χ4v) is 2.19. The third-order valence-corrected chi connectivity index (χ3v) is 4.33. The molecule has 0 aromatic heterocycles. The molecular formula is C19H33N. The molecule has 0 heterocycles. The van der Waals surface area contributed by atoms with Gasteiger partial charge in [0.25, 0.3) is 0 Å². The Labute approximate surface area is 126 Å². The zero-order valence-corrected chi connectivity index (χ0v) is 14.5. The fraction of sp³-hybridized carbons (Fsp3) is 0.684. The first-order valence-corrected chi connectivity index (χ1v) is 8.02. The molecule has 0 amide bonds. The molecule has 2 atom stereocenters. The summed E-state index contributed by atoms with van der Waals surface area (Å²) in [7, 11) is 0. The van der Waals surface area contributed by atoms with Gasteiger partial charge < -0.3 is 5.32 Å². The number of hydrogen-bond donors (Lipinski definition) is 1. The van der Waals surface area contributed by atoms with Gasteiger partial charge in [-0.15, -0.1) is 0 Å². The van der Waals surface area contributed by atoms with E-state index in [9.17, 15) is 0 Å². The summed E-state index contributed by atoms with van der Waals surface area (Å²) in [4.78, 5) is 0. The summed E-state index contributed by atoms with van der Waals surface area (Å²) in [6.07, 6.45) is 1.17. The first-order chi connectivity index (χ1) is 9.20. The van der Waals surface area contributed by atoms with E-state index in [1.54, 1.807) is 0 Å². The Morgan fingerprint density at radius 3 is 1.95 bits per heavy atom. The quantitative estimate of drug-likeness (QED) is 0.750. The maximum absolute atomic E-state index is 3.67. The van der Waals surface area contributed by atoms with Crippen LogP contribution in [-0.2, 0) is 6.42 Å². The molecule has 1 nitrogen and oxygen atoms in total. The highest BCUT2D eigenvalue weighted by molar-refractivity contribution is 5.25. The second-order valence-corrected chi connectivity index (χ2v) is 7.74. The second-order valence-electron chi connectivity index (χ2n) is 7.74. The van der Waals surface area contributed by atoms with E-state index in [0.717, 1.165) is 12.5 Å². The van der Waals surface area contributed by atoms with Crippen molar-refractivity contribution in [1.29, 1.82) is 0 Å². The monoisotopic (exact) mass is 275 g/mol. The minimum absolute atomic E-state index is 0.369. The van der Waals surface area contributed by atoms with E-state index in [2.05, 4.69) is 78.0 Å². The predicted molar refractivity (Wildman–Crippen MR) is 90.0 cm³/mol. The normalized spacial score (nSPS) is 15.4. The minimum atomic E-state index is 0.369. The lowest BCUT2D eigenvalue weighted by Crippen LogP contribution is -2.31. The van der Waals surface area contributed by atoms with E-state index < -0.39 is 0 Å². The Morgan fingerprint density at radius 1 is 0.950 bits per heavy atom. The van der Waals surface area contributed by atoms with Crippen LogP contribution >= 0.6 is 0 Å². The van der Waals surface area contributed by atoms with Crippen LogP contribution in [0.3, 0.4) is 0 Å². The van der Waals surface area contributed by atoms with Gasteiger partial charge in [-0.05, 0) is 48.3 Å². The predicted octanol–water partition coefficient (Wildman–Crippen LogP) is 5.22. The Balaban J connectivity index is 2.53. The largest absolute Gasteiger partial charge is 0.310 e. The van der Waals surface area contributed by atoms with E-state index in [1.807, 2.05) is 0 Å². The summed E-state index contributed by atoms with van der Waals surface area (Å²) < 4.78 is 0. The summed E-state index contributed by atoms with van der Waals surface area (Å²) in [5.74, 6) is 1.40. The van der Waals surface area contributed by atoms with Crippen molar-refractivity contribution in [1.82, 2.24) is 5.32 Å². The maximum atomic E-state index is 3.67. The van der Waals surface area contributed by atoms with Gasteiger partial charge in [0.05, 0.1) is 0 Å². The van der Waals surface area contributed by atoms with Gasteiger partial charge in [0, 0.05) is 6.04 Å². The van der Waals surface area contributed by atoms with Crippen molar-refractivity contribution in [3.8, 4) is 0 Å². The first kappa shape index (κ1) is 17.2. The Bertz CT molecular complexity index is 383. The molecule has 1 heteroatoms. The summed E-state index contributed by atoms with van der Waals surface area (Å²) in [5, 5.41) is 3.67. The van der Waals surface area contributed by atoms with Crippen LogP contribution in [0.15, 0.2) is 24.3 Å². The summed E-state index contributed by atoms with van der Waals surface area (Å²) >= 11 is 0. The van der Waals surface area contributed by atoms with E-state index in [4.69, 9.17) is 0 Å².